The van der Waals surface area contributed by atoms with Crippen LogP contribution in [0.1, 0.15) is 33.1 Å². The highest BCUT2D eigenvalue weighted by Crippen LogP contribution is 2.47. The molecule has 16 heavy (non-hydrogen) atoms. The summed E-state index contributed by atoms with van der Waals surface area (Å²) in [5, 5.41) is 9.18. The van der Waals surface area contributed by atoms with Crippen molar-refractivity contribution < 1.29 is 4.79 Å². The number of nitrogens with zero attached hydrogens (tertiary/aromatic N) is 2. The van der Waals surface area contributed by atoms with Gasteiger partial charge in [0.15, 0.2) is 0 Å². The lowest BCUT2D eigenvalue weighted by Crippen LogP contribution is -2.49. The standard InChI is InChI=1S/C13H20N2O/c1-9-5-13(6-9,8-14)12(16)15(3)7-11-4-10(11)2/h9-11H,4-7H2,1-3H3. The molecule has 0 radical (unpaired) electrons. The molecule has 0 aromatic heterocycles. The molecule has 0 saturated heterocycles. The van der Waals surface area contributed by atoms with E-state index in [0.717, 1.165) is 25.3 Å². The third kappa shape index (κ3) is 1.81. The predicted octanol–water partition coefficient (Wildman–Crippen LogP) is 2.04. The molecule has 88 valence electrons. The van der Waals surface area contributed by atoms with Crippen molar-refractivity contribution in [1.29, 1.82) is 5.26 Å². The monoisotopic (exact) mass is 220 g/mol. The first-order valence-electron chi connectivity index (χ1n) is 6.15. The fourth-order valence-electron chi connectivity index (χ4n) is 2.90. The van der Waals surface area contributed by atoms with Crippen LogP contribution in [-0.4, -0.2) is 24.4 Å². The normalized spacial score (nSPS) is 40.8. The quantitative estimate of drug-likeness (QED) is 0.730. The number of carbonyl (C=O) groups is 1. The maximum Gasteiger partial charge on any atom is 0.242 e. The smallest absolute Gasteiger partial charge is 0.242 e. The minimum Gasteiger partial charge on any atom is -0.344 e. The summed E-state index contributed by atoms with van der Waals surface area (Å²) in [5.74, 6) is 2.00. The van der Waals surface area contributed by atoms with E-state index in [1.54, 1.807) is 4.90 Å². The summed E-state index contributed by atoms with van der Waals surface area (Å²) in [6, 6.07) is 2.24. The fourth-order valence-corrected chi connectivity index (χ4v) is 2.90. The molecular weight excluding hydrogens is 200 g/mol. The van der Waals surface area contributed by atoms with E-state index in [2.05, 4.69) is 19.9 Å². The van der Waals surface area contributed by atoms with Gasteiger partial charge in [0.1, 0.15) is 5.41 Å². The molecule has 2 rings (SSSR count). The molecule has 3 nitrogen and oxygen atoms in total. The summed E-state index contributed by atoms with van der Waals surface area (Å²) in [5.41, 5.74) is -0.688. The molecule has 3 heteroatoms. The van der Waals surface area contributed by atoms with Gasteiger partial charge in [-0.15, -0.1) is 0 Å². The lowest BCUT2D eigenvalue weighted by Gasteiger charge is -2.41. The topological polar surface area (TPSA) is 44.1 Å². The minimum absolute atomic E-state index is 0.0483. The van der Waals surface area contributed by atoms with E-state index in [0.29, 0.717) is 11.8 Å². The Labute approximate surface area is 97.4 Å². The SMILES string of the molecule is CC1CC(C#N)(C(=O)N(C)CC2CC2C)C1. The van der Waals surface area contributed by atoms with Gasteiger partial charge in [0.2, 0.25) is 5.91 Å². The summed E-state index contributed by atoms with van der Waals surface area (Å²) in [6.45, 7) is 5.15. The number of rotatable bonds is 3. The second-order valence-electron chi connectivity index (χ2n) is 5.87. The third-order valence-electron chi connectivity index (χ3n) is 4.15. The van der Waals surface area contributed by atoms with Crippen molar-refractivity contribution in [2.24, 2.45) is 23.2 Å². The molecule has 2 saturated carbocycles. The van der Waals surface area contributed by atoms with Gasteiger partial charge in [-0.3, -0.25) is 4.79 Å². The minimum atomic E-state index is -0.688. The molecule has 0 aromatic carbocycles. The van der Waals surface area contributed by atoms with Gasteiger partial charge in [0.05, 0.1) is 6.07 Å². The van der Waals surface area contributed by atoms with Gasteiger partial charge in [0.25, 0.3) is 0 Å². The van der Waals surface area contributed by atoms with Crippen LogP contribution >= 0.6 is 0 Å². The van der Waals surface area contributed by atoms with E-state index >= 15 is 0 Å². The largest absolute Gasteiger partial charge is 0.344 e. The zero-order chi connectivity index (χ0) is 11.9. The zero-order valence-corrected chi connectivity index (χ0v) is 10.4. The number of carbonyl (C=O) groups excluding carboxylic acids is 1. The number of hydrogen-bond donors (Lipinski definition) is 0. The van der Waals surface area contributed by atoms with Crippen molar-refractivity contribution in [2.45, 2.75) is 33.1 Å². The maximum atomic E-state index is 12.2. The van der Waals surface area contributed by atoms with Crippen molar-refractivity contribution >= 4 is 5.91 Å². The average Bonchev–Trinajstić information content (AvgIpc) is 2.88. The first-order valence-corrected chi connectivity index (χ1v) is 6.15. The van der Waals surface area contributed by atoms with E-state index in [1.807, 2.05) is 7.05 Å². The lowest BCUT2D eigenvalue weighted by molar-refractivity contribution is -0.144. The van der Waals surface area contributed by atoms with Crippen molar-refractivity contribution in [1.82, 2.24) is 4.90 Å². The molecule has 2 aliphatic carbocycles. The predicted molar refractivity (Wildman–Crippen MR) is 61.4 cm³/mol. The molecule has 1 amide bonds. The summed E-state index contributed by atoms with van der Waals surface area (Å²) in [4.78, 5) is 14.0. The third-order valence-corrected chi connectivity index (χ3v) is 4.15. The van der Waals surface area contributed by atoms with Crippen LogP contribution in [-0.2, 0) is 4.79 Å². The van der Waals surface area contributed by atoms with Gasteiger partial charge in [-0.25, -0.2) is 0 Å². The lowest BCUT2D eigenvalue weighted by atomic mass is 9.63. The summed E-state index contributed by atoms with van der Waals surface area (Å²) in [6.07, 6.45) is 2.72. The summed E-state index contributed by atoms with van der Waals surface area (Å²) >= 11 is 0. The van der Waals surface area contributed by atoms with Crippen LogP contribution in [0.25, 0.3) is 0 Å². The first kappa shape index (κ1) is 11.4. The Morgan fingerprint density at radius 1 is 1.50 bits per heavy atom. The van der Waals surface area contributed by atoms with Crippen LogP contribution in [0.4, 0.5) is 0 Å². The van der Waals surface area contributed by atoms with E-state index < -0.39 is 5.41 Å². The second kappa shape index (κ2) is 3.76. The van der Waals surface area contributed by atoms with Crippen molar-refractivity contribution in [2.75, 3.05) is 13.6 Å². The highest BCUT2D eigenvalue weighted by Gasteiger charge is 2.50. The van der Waals surface area contributed by atoms with Crippen LogP contribution in [0.5, 0.6) is 0 Å². The maximum absolute atomic E-state index is 12.2. The molecule has 2 fully saturated rings. The van der Waals surface area contributed by atoms with Crippen LogP contribution < -0.4 is 0 Å². The van der Waals surface area contributed by atoms with E-state index in [4.69, 9.17) is 0 Å². The van der Waals surface area contributed by atoms with E-state index in [1.165, 1.54) is 6.42 Å². The Bertz CT molecular complexity index is 338. The van der Waals surface area contributed by atoms with Gasteiger partial charge in [-0.05, 0) is 37.0 Å². The van der Waals surface area contributed by atoms with Crippen LogP contribution in [0.2, 0.25) is 0 Å². The van der Waals surface area contributed by atoms with Gasteiger partial charge in [-0.1, -0.05) is 13.8 Å². The molecule has 0 heterocycles. The Hall–Kier alpha value is -1.04. The second-order valence-corrected chi connectivity index (χ2v) is 5.87. The van der Waals surface area contributed by atoms with Crippen molar-refractivity contribution in [3.05, 3.63) is 0 Å². The molecule has 2 atom stereocenters. The highest BCUT2D eigenvalue weighted by atomic mass is 16.2. The van der Waals surface area contributed by atoms with Gasteiger partial charge < -0.3 is 4.90 Å². The number of hydrogen-bond acceptors (Lipinski definition) is 2. The van der Waals surface area contributed by atoms with Gasteiger partial charge >= 0.3 is 0 Å². The van der Waals surface area contributed by atoms with Gasteiger partial charge in [0, 0.05) is 13.6 Å². The van der Waals surface area contributed by atoms with Crippen molar-refractivity contribution in [3.8, 4) is 6.07 Å². The molecule has 0 aliphatic heterocycles. The number of amides is 1. The van der Waals surface area contributed by atoms with Crippen molar-refractivity contribution in [3.63, 3.8) is 0 Å². The molecular formula is C13H20N2O. The molecule has 0 bridgehead atoms. The summed E-state index contributed by atoms with van der Waals surface area (Å²) in [7, 11) is 1.84. The van der Waals surface area contributed by atoms with E-state index in [-0.39, 0.29) is 5.91 Å². The Balaban J connectivity index is 1.93. The first-order chi connectivity index (χ1) is 7.48. The Morgan fingerprint density at radius 3 is 2.44 bits per heavy atom. The molecule has 2 aliphatic rings. The molecule has 0 spiro atoms. The van der Waals surface area contributed by atoms with Crippen LogP contribution in [0.15, 0.2) is 0 Å². The number of nitriles is 1. The average molecular weight is 220 g/mol. The van der Waals surface area contributed by atoms with E-state index in [9.17, 15) is 10.1 Å². The molecule has 0 aromatic rings. The summed E-state index contributed by atoms with van der Waals surface area (Å²) < 4.78 is 0. The van der Waals surface area contributed by atoms with Crippen LogP contribution in [0.3, 0.4) is 0 Å². The van der Waals surface area contributed by atoms with Crippen LogP contribution in [0, 0.1) is 34.5 Å². The fraction of sp³-hybridized carbons (Fsp3) is 0.846. The molecule has 2 unspecified atom stereocenters. The van der Waals surface area contributed by atoms with Gasteiger partial charge in [-0.2, -0.15) is 5.26 Å². The molecule has 0 N–H and O–H groups in total. The Morgan fingerprint density at radius 2 is 2.06 bits per heavy atom. The Kier molecular flexibility index (Phi) is 2.69. The zero-order valence-electron chi connectivity index (χ0n) is 10.4. The highest BCUT2D eigenvalue weighted by molar-refractivity contribution is 5.86.